The summed E-state index contributed by atoms with van der Waals surface area (Å²) in [6.07, 6.45) is 7.21. The highest BCUT2D eigenvalue weighted by Crippen LogP contribution is 2.62. The minimum atomic E-state index is -3.48. The molecule has 2 aliphatic rings. The first-order valence-electron chi connectivity index (χ1n) is 21.1. The Morgan fingerprint density at radius 1 is 0.845 bits per heavy atom. The SMILES string of the molecule is CC1(CO[Si](N[C@H](C=O)Cc2ccccc2)(N[C@H](C=O)Cc2ccccc2)C(C)(C)C)[C@@H](C(OCCCO)c2ccccc2)CC[C@]2(C)c3ccc(Br)cc3CC[C@@H]12. The number of hydrogen-bond donors (Lipinski definition) is 3. The van der Waals surface area contributed by atoms with Crippen molar-refractivity contribution in [1.82, 2.24) is 9.96 Å². The van der Waals surface area contributed by atoms with Gasteiger partial charge in [0.1, 0.15) is 12.6 Å². The van der Waals surface area contributed by atoms with E-state index in [0.717, 1.165) is 59.4 Å². The molecule has 58 heavy (non-hydrogen) atoms. The molecule has 3 N–H and O–H groups in total. The van der Waals surface area contributed by atoms with Gasteiger partial charge in [0.05, 0.1) is 18.2 Å². The van der Waals surface area contributed by atoms with Crippen LogP contribution in [0.25, 0.3) is 0 Å². The normalized spacial score (nSPS) is 23.6. The number of benzene rings is 4. The van der Waals surface area contributed by atoms with Crippen molar-refractivity contribution in [2.45, 2.75) is 108 Å². The van der Waals surface area contributed by atoms with Crippen LogP contribution in [0, 0.1) is 17.3 Å². The molecule has 0 aliphatic heterocycles. The highest BCUT2D eigenvalue weighted by molar-refractivity contribution is 9.10. The lowest BCUT2D eigenvalue weighted by atomic mass is 9.46. The number of carbonyl (C=O) groups is 2. The van der Waals surface area contributed by atoms with Crippen molar-refractivity contribution < 1.29 is 23.9 Å². The van der Waals surface area contributed by atoms with Crippen molar-refractivity contribution in [3.05, 3.63) is 141 Å². The minimum Gasteiger partial charge on any atom is -0.396 e. The maximum atomic E-state index is 13.1. The molecule has 7 atom stereocenters. The number of rotatable bonds is 19. The van der Waals surface area contributed by atoms with E-state index < -0.39 is 31.2 Å². The zero-order valence-corrected chi connectivity index (χ0v) is 37.5. The van der Waals surface area contributed by atoms with Gasteiger partial charge < -0.3 is 23.9 Å². The Bertz CT molecular complexity index is 1870. The van der Waals surface area contributed by atoms with Gasteiger partial charge >= 0.3 is 8.64 Å². The molecular formula is C49H63BrN2O5Si. The standard InChI is InChI=1S/C49H63BrN2O5Si/c1-47(2,3)58(51-41(33-54)30-36-16-9-6-10-17-36,52-42(34-55)31-37-18-11-7-12-19-37)57-35-49(5)44(46(56-29-15-28-53)38-20-13-8-14-21-38)26-27-48(4)43-24-23-40(50)32-39(43)22-25-45(48)49/h6-14,16-21,23-24,32-34,41-42,44-46,51-53H,15,22,25-31,35H2,1-5H3/t41-,42-,44+,45+,46?,48+,49?/m0/s1. The first-order chi connectivity index (χ1) is 27.9. The van der Waals surface area contributed by atoms with E-state index in [4.69, 9.17) is 9.16 Å². The summed E-state index contributed by atoms with van der Waals surface area (Å²) in [4.78, 5) is 33.9. The second-order valence-electron chi connectivity index (χ2n) is 18.1. The smallest absolute Gasteiger partial charge is 0.358 e. The van der Waals surface area contributed by atoms with Crippen LogP contribution in [0.1, 0.15) is 94.2 Å². The van der Waals surface area contributed by atoms with Crippen molar-refractivity contribution in [2.24, 2.45) is 17.3 Å². The molecule has 2 aliphatic carbocycles. The van der Waals surface area contributed by atoms with E-state index in [1.807, 2.05) is 66.7 Å². The fourth-order valence-corrected chi connectivity index (χ4v) is 14.0. The van der Waals surface area contributed by atoms with Crippen LogP contribution >= 0.6 is 15.9 Å². The number of aliphatic hydroxyl groups excluding tert-OH is 1. The third-order valence-corrected chi connectivity index (χ3v) is 18.0. The van der Waals surface area contributed by atoms with Gasteiger partial charge in [0.25, 0.3) is 0 Å². The van der Waals surface area contributed by atoms with Crippen LogP contribution in [0.3, 0.4) is 0 Å². The number of ether oxygens (including phenoxy) is 1. The van der Waals surface area contributed by atoms with Gasteiger partial charge in [-0.25, -0.2) is 0 Å². The molecule has 6 rings (SSSR count). The van der Waals surface area contributed by atoms with Crippen LogP contribution in [0.2, 0.25) is 5.04 Å². The van der Waals surface area contributed by atoms with E-state index in [1.54, 1.807) is 0 Å². The van der Waals surface area contributed by atoms with Crippen molar-refractivity contribution >= 4 is 37.1 Å². The highest BCUT2D eigenvalue weighted by atomic mass is 79.9. The maximum Gasteiger partial charge on any atom is 0.358 e. The molecule has 0 saturated heterocycles. The van der Waals surface area contributed by atoms with E-state index in [2.05, 4.69) is 103 Å². The number of aliphatic hydroxyl groups is 1. The lowest BCUT2D eigenvalue weighted by molar-refractivity contribution is -0.127. The van der Waals surface area contributed by atoms with E-state index in [9.17, 15) is 14.7 Å². The van der Waals surface area contributed by atoms with E-state index >= 15 is 0 Å². The molecule has 1 saturated carbocycles. The average molecular weight is 868 g/mol. The fraction of sp³-hybridized carbons (Fsp3) is 0.469. The predicted octanol–water partition coefficient (Wildman–Crippen LogP) is 9.38. The van der Waals surface area contributed by atoms with Gasteiger partial charge in [0.15, 0.2) is 0 Å². The van der Waals surface area contributed by atoms with Crippen molar-refractivity contribution in [2.75, 3.05) is 19.8 Å². The molecule has 0 aromatic heterocycles. The molecule has 0 radical (unpaired) electrons. The first kappa shape index (κ1) is 44.3. The Hall–Kier alpha value is -3.28. The van der Waals surface area contributed by atoms with Gasteiger partial charge in [-0.15, -0.1) is 0 Å². The summed E-state index contributed by atoms with van der Waals surface area (Å²) in [5.41, 5.74) is 5.53. The second-order valence-corrected chi connectivity index (χ2v) is 22.8. The predicted molar refractivity (Wildman–Crippen MR) is 239 cm³/mol. The van der Waals surface area contributed by atoms with Crippen LogP contribution < -0.4 is 9.96 Å². The number of aryl methyl sites for hydroxylation is 1. The summed E-state index contributed by atoms with van der Waals surface area (Å²) in [6, 6.07) is 36.4. The van der Waals surface area contributed by atoms with Gasteiger partial charge in [-0.2, -0.15) is 0 Å². The summed E-state index contributed by atoms with van der Waals surface area (Å²) >= 11 is 3.75. The Morgan fingerprint density at radius 3 is 1.95 bits per heavy atom. The third kappa shape index (κ3) is 9.84. The topological polar surface area (TPSA) is 96.9 Å². The molecule has 0 spiro atoms. The summed E-state index contributed by atoms with van der Waals surface area (Å²) in [5.74, 6) is 0.317. The highest BCUT2D eigenvalue weighted by Gasteiger charge is 2.60. The van der Waals surface area contributed by atoms with Gasteiger partial charge in [0.2, 0.25) is 0 Å². The summed E-state index contributed by atoms with van der Waals surface area (Å²) < 4.78 is 15.7. The Morgan fingerprint density at radius 2 is 1.41 bits per heavy atom. The molecule has 0 heterocycles. The number of aldehydes is 2. The van der Waals surface area contributed by atoms with Crippen molar-refractivity contribution in [3.8, 4) is 0 Å². The largest absolute Gasteiger partial charge is 0.396 e. The maximum absolute atomic E-state index is 13.1. The molecule has 7 nitrogen and oxygen atoms in total. The number of fused-ring (bicyclic) bond motifs is 3. The van der Waals surface area contributed by atoms with Crippen molar-refractivity contribution in [1.29, 1.82) is 0 Å². The summed E-state index contributed by atoms with van der Waals surface area (Å²) in [6.45, 7) is 12.3. The fourth-order valence-electron chi connectivity index (χ4n) is 10.2. The molecule has 1 fully saturated rings. The first-order valence-corrected chi connectivity index (χ1v) is 23.8. The minimum absolute atomic E-state index is 0.0679. The average Bonchev–Trinajstić information content (AvgIpc) is 3.22. The van der Waals surface area contributed by atoms with Gasteiger partial charge in [-0.3, -0.25) is 9.96 Å². The summed E-state index contributed by atoms with van der Waals surface area (Å²) in [7, 11) is -3.48. The number of nitrogens with one attached hydrogen (secondary N) is 2. The number of halogens is 1. The molecule has 0 amide bonds. The molecule has 4 aromatic carbocycles. The summed E-state index contributed by atoms with van der Waals surface area (Å²) in [5, 5.41) is 9.32. The van der Waals surface area contributed by atoms with Crippen molar-refractivity contribution in [3.63, 3.8) is 0 Å². The molecule has 0 bridgehead atoms. The Kier molecular flexibility index (Phi) is 14.8. The Balaban J connectivity index is 1.46. The van der Waals surface area contributed by atoms with Gasteiger partial charge in [-0.1, -0.05) is 148 Å². The molecule has 4 aromatic rings. The van der Waals surface area contributed by atoms with Crippen LogP contribution in [0.15, 0.2) is 114 Å². The number of hydrogen-bond acceptors (Lipinski definition) is 7. The molecule has 2 unspecified atom stereocenters. The molecular weight excluding hydrogens is 805 g/mol. The quantitative estimate of drug-likeness (QED) is 0.0491. The zero-order chi connectivity index (χ0) is 41.4. The van der Waals surface area contributed by atoms with Gasteiger partial charge in [0, 0.05) is 29.3 Å². The number of carbonyl (C=O) groups excluding carboxylic acids is 2. The van der Waals surface area contributed by atoms with Crippen LogP contribution in [0.4, 0.5) is 0 Å². The molecule has 9 heteroatoms. The Labute approximate surface area is 356 Å². The second kappa shape index (κ2) is 19.4. The lowest BCUT2D eigenvalue weighted by Gasteiger charge is -2.60. The van der Waals surface area contributed by atoms with Crippen LogP contribution in [-0.2, 0) is 43.4 Å². The third-order valence-electron chi connectivity index (χ3n) is 13.2. The van der Waals surface area contributed by atoms with E-state index in [-0.39, 0.29) is 30.0 Å². The lowest BCUT2D eigenvalue weighted by Crippen LogP contribution is -2.75. The van der Waals surface area contributed by atoms with E-state index in [0.29, 0.717) is 32.5 Å². The zero-order valence-electron chi connectivity index (χ0n) is 35.0. The van der Waals surface area contributed by atoms with E-state index in [1.165, 1.54) is 11.1 Å². The molecule has 310 valence electrons. The van der Waals surface area contributed by atoms with Gasteiger partial charge in [-0.05, 0) is 108 Å². The van der Waals surface area contributed by atoms with Crippen LogP contribution in [-0.4, -0.2) is 58.2 Å². The monoisotopic (exact) mass is 866 g/mol. The van der Waals surface area contributed by atoms with Crippen LogP contribution in [0.5, 0.6) is 0 Å².